The number of benzene rings is 1. The molecule has 0 aliphatic carbocycles. The molecule has 4 nitrogen and oxygen atoms in total. The highest BCUT2D eigenvalue weighted by Gasteiger charge is 2.30. The van der Waals surface area contributed by atoms with E-state index in [4.69, 9.17) is 11.6 Å². The van der Waals surface area contributed by atoms with Crippen LogP contribution in [0.3, 0.4) is 0 Å². The van der Waals surface area contributed by atoms with Crippen molar-refractivity contribution in [3.05, 3.63) is 28.8 Å². The maximum Gasteiger partial charge on any atom is 0.243 e. The molecule has 6 heteroatoms. The first kappa shape index (κ1) is 15.8. The van der Waals surface area contributed by atoms with Crippen molar-refractivity contribution in [1.82, 2.24) is 9.21 Å². The summed E-state index contributed by atoms with van der Waals surface area (Å²) in [5.41, 5.74) is 0.625. The minimum atomic E-state index is -3.44. The molecule has 0 atom stereocenters. The molecule has 0 spiro atoms. The fourth-order valence-corrected chi connectivity index (χ4v) is 4.37. The molecule has 0 unspecified atom stereocenters. The average molecular weight is 317 g/mol. The van der Waals surface area contributed by atoms with Gasteiger partial charge in [-0.2, -0.15) is 4.31 Å². The molecule has 0 bridgehead atoms. The Bertz CT molecular complexity index is 579. The summed E-state index contributed by atoms with van der Waals surface area (Å²) in [6.45, 7) is 8.63. The van der Waals surface area contributed by atoms with Gasteiger partial charge in [-0.25, -0.2) is 8.42 Å². The molecule has 0 saturated carbocycles. The highest BCUT2D eigenvalue weighted by atomic mass is 35.5. The van der Waals surface area contributed by atoms with Crippen LogP contribution in [0.2, 0.25) is 5.02 Å². The molecule has 0 amide bonds. The number of piperazine rings is 1. The van der Waals surface area contributed by atoms with Crippen molar-refractivity contribution in [2.45, 2.75) is 31.7 Å². The Balaban J connectivity index is 2.22. The smallest absolute Gasteiger partial charge is 0.243 e. The number of hydrogen-bond donors (Lipinski definition) is 0. The van der Waals surface area contributed by atoms with Gasteiger partial charge in [-0.15, -0.1) is 0 Å². The van der Waals surface area contributed by atoms with E-state index in [1.54, 1.807) is 29.4 Å². The van der Waals surface area contributed by atoms with E-state index >= 15 is 0 Å². The Morgan fingerprint density at radius 2 is 1.75 bits per heavy atom. The predicted molar refractivity (Wildman–Crippen MR) is 81.7 cm³/mol. The molecular formula is C14H21ClN2O2S. The first-order valence-corrected chi connectivity index (χ1v) is 8.65. The van der Waals surface area contributed by atoms with Gasteiger partial charge in [0, 0.05) is 37.2 Å². The minimum Gasteiger partial charge on any atom is -0.298 e. The summed E-state index contributed by atoms with van der Waals surface area (Å²) in [5.74, 6) is 0. The number of nitrogens with zero attached hydrogens (tertiary/aromatic N) is 2. The van der Waals surface area contributed by atoms with Crippen molar-refractivity contribution in [3.8, 4) is 0 Å². The second kappa shape index (κ2) is 6.02. The lowest BCUT2D eigenvalue weighted by molar-refractivity contribution is 0.154. The number of sulfonamides is 1. The number of halogens is 1. The summed E-state index contributed by atoms with van der Waals surface area (Å²) in [4.78, 5) is 2.61. The molecule has 0 N–H and O–H groups in total. The second-order valence-electron chi connectivity index (χ2n) is 5.40. The lowest BCUT2D eigenvalue weighted by Crippen LogP contribution is -2.50. The van der Waals surface area contributed by atoms with Gasteiger partial charge < -0.3 is 0 Å². The lowest BCUT2D eigenvalue weighted by atomic mass is 10.2. The zero-order chi connectivity index (χ0) is 14.9. The van der Waals surface area contributed by atoms with E-state index in [1.807, 2.05) is 0 Å². The van der Waals surface area contributed by atoms with Crippen LogP contribution in [0, 0.1) is 6.92 Å². The molecular weight excluding hydrogens is 296 g/mol. The molecule has 1 aliphatic rings. The van der Waals surface area contributed by atoms with Gasteiger partial charge in [-0.3, -0.25) is 4.90 Å². The molecule has 20 heavy (non-hydrogen) atoms. The quantitative estimate of drug-likeness (QED) is 0.859. The summed E-state index contributed by atoms with van der Waals surface area (Å²) >= 11 is 6.03. The van der Waals surface area contributed by atoms with Gasteiger partial charge in [0.2, 0.25) is 10.0 Å². The van der Waals surface area contributed by atoms with Crippen LogP contribution in [-0.4, -0.2) is 49.8 Å². The van der Waals surface area contributed by atoms with Crippen LogP contribution >= 0.6 is 11.6 Å². The molecule has 112 valence electrons. The van der Waals surface area contributed by atoms with Crippen LogP contribution in [0.5, 0.6) is 0 Å². The Morgan fingerprint density at radius 1 is 1.15 bits per heavy atom. The Labute approximate surface area is 126 Å². The molecule has 1 aromatic carbocycles. The molecule has 2 rings (SSSR count). The first-order chi connectivity index (χ1) is 9.34. The van der Waals surface area contributed by atoms with Crippen molar-refractivity contribution in [2.75, 3.05) is 26.2 Å². The normalized spacial score (nSPS) is 18.6. The standard InChI is InChI=1S/C14H21ClN2O2S/c1-11(2)16-7-9-17(10-8-16)20(18,19)14-6-4-5-13(15)12(14)3/h4-6,11H,7-10H2,1-3H3. The van der Waals surface area contributed by atoms with E-state index in [0.717, 1.165) is 13.1 Å². The van der Waals surface area contributed by atoms with E-state index in [0.29, 0.717) is 34.6 Å². The molecule has 1 aliphatic heterocycles. The van der Waals surface area contributed by atoms with Crippen molar-refractivity contribution < 1.29 is 8.42 Å². The Kier molecular flexibility index (Phi) is 4.74. The van der Waals surface area contributed by atoms with Gasteiger partial charge in [0.1, 0.15) is 0 Å². The molecule has 0 radical (unpaired) electrons. The topological polar surface area (TPSA) is 40.6 Å². The predicted octanol–water partition coefficient (Wildman–Crippen LogP) is 2.36. The highest BCUT2D eigenvalue weighted by molar-refractivity contribution is 7.89. The SMILES string of the molecule is Cc1c(Cl)cccc1S(=O)(=O)N1CCN(C(C)C)CC1. The Hall–Kier alpha value is -0.620. The van der Waals surface area contributed by atoms with Crippen LogP contribution < -0.4 is 0 Å². The zero-order valence-electron chi connectivity index (χ0n) is 12.1. The van der Waals surface area contributed by atoms with Crippen LogP contribution in [0.4, 0.5) is 0 Å². The highest BCUT2D eigenvalue weighted by Crippen LogP contribution is 2.26. The first-order valence-electron chi connectivity index (χ1n) is 6.83. The van der Waals surface area contributed by atoms with Crippen molar-refractivity contribution in [2.24, 2.45) is 0 Å². The van der Waals surface area contributed by atoms with Gasteiger partial charge in [0.25, 0.3) is 0 Å². The van der Waals surface area contributed by atoms with Gasteiger partial charge in [-0.1, -0.05) is 17.7 Å². The molecule has 1 heterocycles. The van der Waals surface area contributed by atoms with E-state index < -0.39 is 10.0 Å². The number of rotatable bonds is 3. The third-order valence-corrected chi connectivity index (χ3v) is 6.29. The van der Waals surface area contributed by atoms with E-state index in [9.17, 15) is 8.42 Å². The van der Waals surface area contributed by atoms with Gasteiger partial charge in [0.15, 0.2) is 0 Å². The molecule has 1 saturated heterocycles. The van der Waals surface area contributed by atoms with Crippen LogP contribution in [0.25, 0.3) is 0 Å². The van der Waals surface area contributed by atoms with Gasteiger partial charge in [0.05, 0.1) is 4.90 Å². The summed E-state index contributed by atoms with van der Waals surface area (Å²) in [6, 6.07) is 5.48. The maximum absolute atomic E-state index is 12.7. The van der Waals surface area contributed by atoms with E-state index in [2.05, 4.69) is 18.7 Å². The molecule has 0 aromatic heterocycles. The third-order valence-electron chi connectivity index (χ3n) is 3.84. The minimum absolute atomic E-state index is 0.322. The fraction of sp³-hybridized carbons (Fsp3) is 0.571. The van der Waals surface area contributed by atoms with Crippen LogP contribution in [0.1, 0.15) is 19.4 Å². The van der Waals surface area contributed by atoms with Crippen LogP contribution in [0.15, 0.2) is 23.1 Å². The summed E-state index contributed by atoms with van der Waals surface area (Å²) in [7, 11) is -3.44. The fourth-order valence-electron chi connectivity index (χ4n) is 2.47. The maximum atomic E-state index is 12.7. The third kappa shape index (κ3) is 3.01. The summed E-state index contributed by atoms with van der Waals surface area (Å²) < 4.78 is 26.9. The van der Waals surface area contributed by atoms with Crippen molar-refractivity contribution in [1.29, 1.82) is 0 Å². The second-order valence-corrected chi connectivity index (χ2v) is 7.71. The van der Waals surface area contributed by atoms with Crippen molar-refractivity contribution >= 4 is 21.6 Å². The van der Waals surface area contributed by atoms with Crippen molar-refractivity contribution in [3.63, 3.8) is 0 Å². The van der Waals surface area contributed by atoms with E-state index in [1.165, 1.54) is 0 Å². The van der Waals surface area contributed by atoms with E-state index in [-0.39, 0.29) is 0 Å². The monoisotopic (exact) mass is 316 g/mol. The average Bonchev–Trinajstić information content (AvgIpc) is 2.41. The molecule has 1 aromatic rings. The summed E-state index contributed by atoms with van der Waals surface area (Å²) in [5, 5.41) is 0.492. The Morgan fingerprint density at radius 3 is 2.30 bits per heavy atom. The van der Waals surface area contributed by atoms with Crippen LogP contribution in [-0.2, 0) is 10.0 Å². The van der Waals surface area contributed by atoms with Gasteiger partial charge in [-0.05, 0) is 38.5 Å². The number of hydrogen-bond acceptors (Lipinski definition) is 3. The zero-order valence-corrected chi connectivity index (χ0v) is 13.7. The largest absolute Gasteiger partial charge is 0.298 e. The lowest BCUT2D eigenvalue weighted by Gasteiger charge is -2.36. The van der Waals surface area contributed by atoms with Gasteiger partial charge >= 0.3 is 0 Å². The molecule has 1 fully saturated rings. The summed E-state index contributed by atoms with van der Waals surface area (Å²) in [6.07, 6.45) is 0.